The first-order chi connectivity index (χ1) is 5.96. The smallest absolute Gasteiger partial charge is 0.0183 e. The number of hydrogen-bond donors (Lipinski definition) is 1. The van der Waals surface area contributed by atoms with Crippen LogP contribution in [-0.2, 0) is 12.0 Å². The molecule has 0 amide bonds. The maximum Gasteiger partial charge on any atom is 0.0183 e. The lowest BCUT2D eigenvalue weighted by molar-refractivity contribution is 0.581. The van der Waals surface area contributed by atoms with E-state index in [1.807, 2.05) is 0 Å². The van der Waals surface area contributed by atoms with Gasteiger partial charge in [-0.1, -0.05) is 39.0 Å². The fourth-order valence-corrected chi connectivity index (χ4v) is 1.68. The first-order valence-electron chi connectivity index (χ1n) is 4.76. The minimum Gasteiger partial charge on any atom is -0.326 e. The normalized spacial score (nSPS) is 11.8. The van der Waals surface area contributed by atoms with Crippen LogP contribution in [0, 0.1) is 6.92 Å². The van der Waals surface area contributed by atoms with Gasteiger partial charge in [0.25, 0.3) is 0 Å². The predicted molar refractivity (Wildman–Crippen MR) is 57.8 cm³/mol. The summed E-state index contributed by atoms with van der Waals surface area (Å²) < 4.78 is 0. The summed E-state index contributed by atoms with van der Waals surface area (Å²) in [7, 11) is 0. The average Bonchev–Trinajstić information content (AvgIpc) is 2.02. The minimum absolute atomic E-state index is 0.195. The Labute approximate surface area is 81.0 Å². The van der Waals surface area contributed by atoms with E-state index >= 15 is 0 Å². The van der Waals surface area contributed by atoms with Gasteiger partial charge in [-0.15, -0.1) is 0 Å². The second kappa shape index (κ2) is 3.51. The van der Waals surface area contributed by atoms with E-state index < -0.39 is 0 Å². The zero-order chi connectivity index (χ0) is 10.1. The third kappa shape index (κ3) is 2.10. The van der Waals surface area contributed by atoms with Crippen LogP contribution in [0.3, 0.4) is 0 Å². The van der Waals surface area contributed by atoms with Gasteiger partial charge in [0.1, 0.15) is 0 Å². The van der Waals surface area contributed by atoms with Crippen LogP contribution in [0.5, 0.6) is 0 Å². The van der Waals surface area contributed by atoms with Gasteiger partial charge < -0.3 is 5.73 Å². The third-order valence-electron chi connectivity index (χ3n) is 2.42. The molecule has 13 heavy (non-hydrogen) atoms. The fourth-order valence-electron chi connectivity index (χ4n) is 1.68. The zero-order valence-corrected chi connectivity index (χ0v) is 9.02. The first-order valence-corrected chi connectivity index (χ1v) is 4.76. The van der Waals surface area contributed by atoms with Crippen LogP contribution in [0.2, 0.25) is 0 Å². The van der Waals surface area contributed by atoms with Crippen molar-refractivity contribution in [2.45, 2.75) is 39.7 Å². The molecule has 2 N–H and O–H groups in total. The highest BCUT2D eigenvalue weighted by Crippen LogP contribution is 2.27. The number of aryl methyl sites for hydroxylation is 1. The molecule has 0 unspecified atom stereocenters. The van der Waals surface area contributed by atoms with E-state index in [2.05, 4.69) is 45.9 Å². The lowest BCUT2D eigenvalue weighted by Gasteiger charge is -2.23. The Balaban J connectivity index is 3.29. The van der Waals surface area contributed by atoms with Crippen LogP contribution >= 0.6 is 0 Å². The Morgan fingerprint density at radius 2 is 1.85 bits per heavy atom. The topological polar surface area (TPSA) is 26.0 Å². The monoisotopic (exact) mass is 177 g/mol. The van der Waals surface area contributed by atoms with Gasteiger partial charge in [-0.05, 0) is 29.0 Å². The molecule has 1 rings (SSSR count). The van der Waals surface area contributed by atoms with Crippen molar-refractivity contribution in [2.75, 3.05) is 0 Å². The summed E-state index contributed by atoms with van der Waals surface area (Å²) in [6, 6.07) is 6.40. The van der Waals surface area contributed by atoms with Crippen LogP contribution < -0.4 is 5.73 Å². The van der Waals surface area contributed by atoms with E-state index in [1.54, 1.807) is 0 Å². The van der Waals surface area contributed by atoms with E-state index in [0.717, 1.165) is 0 Å². The van der Waals surface area contributed by atoms with Gasteiger partial charge in [-0.25, -0.2) is 0 Å². The van der Waals surface area contributed by atoms with E-state index in [0.29, 0.717) is 6.54 Å². The maximum absolute atomic E-state index is 5.75. The molecule has 0 spiro atoms. The van der Waals surface area contributed by atoms with Crippen LogP contribution in [0.15, 0.2) is 18.2 Å². The van der Waals surface area contributed by atoms with E-state index in [9.17, 15) is 0 Å². The van der Waals surface area contributed by atoms with Crippen LogP contribution in [-0.4, -0.2) is 0 Å². The highest BCUT2D eigenvalue weighted by molar-refractivity contribution is 5.38. The highest BCUT2D eigenvalue weighted by Gasteiger charge is 2.17. The van der Waals surface area contributed by atoms with Crippen LogP contribution in [0.25, 0.3) is 0 Å². The maximum atomic E-state index is 5.75. The van der Waals surface area contributed by atoms with Crippen molar-refractivity contribution in [1.29, 1.82) is 0 Å². The number of hydrogen-bond acceptors (Lipinski definition) is 1. The van der Waals surface area contributed by atoms with Crippen LogP contribution in [0.4, 0.5) is 0 Å². The molecule has 0 bridgehead atoms. The first kappa shape index (κ1) is 10.3. The Hall–Kier alpha value is -0.820. The van der Waals surface area contributed by atoms with Crippen molar-refractivity contribution in [3.05, 3.63) is 34.9 Å². The highest BCUT2D eigenvalue weighted by atomic mass is 14.5. The average molecular weight is 177 g/mol. The van der Waals surface area contributed by atoms with E-state index in [1.165, 1.54) is 16.7 Å². The SMILES string of the molecule is Cc1cccc(C(C)(C)C)c1CN. The molecule has 1 aromatic carbocycles. The summed E-state index contributed by atoms with van der Waals surface area (Å²) in [4.78, 5) is 0. The molecule has 1 nitrogen and oxygen atoms in total. The molecule has 0 aliphatic heterocycles. The summed E-state index contributed by atoms with van der Waals surface area (Å²) in [5, 5.41) is 0. The zero-order valence-electron chi connectivity index (χ0n) is 9.02. The third-order valence-corrected chi connectivity index (χ3v) is 2.42. The Kier molecular flexibility index (Phi) is 2.77. The molecule has 0 saturated heterocycles. The van der Waals surface area contributed by atoms with Gasteiger partial charge in [0.05, 0.1) is 0 Å². The molecule has 0 aliphatic carbocycles. The van der Waals surface area contributed by atoms with E-state index in [4.69, 9.17) is 5.73 Å². The summed E-state index contributed by atoms with van der Waals surface area (Å²) in [6.45, 7) is 9.43. The second-order valence-corrected chi connectivity index (χ2v) is 4.56. The number of rotatable bonds is 1. The molecular formula is C12H19N. The predicted octanol–water partition coefficient (Wildman–Crippen LogP) is 2.75. The van der Waals surface area contributed by atoms with Gasteiger partial charge in [0.2, 0.25) is 0 Å². The van der Waals surface area contributed by atoms with Crippen molar-refractivity contribution in [1.82, 2.24) is 0 Å². The molecule has 0 radical (unpaired) electrons. The van der Waals surface area contributed by atoms with Crippen molar-refractivity contribution < 1.29 is 0 Å². The lowest BCUT2D eigenvalue weighted by atomic mass is 9.82. The Morgan fingerprint density at radius 1 is 1.23 bits per heavy atom. The molecule has 0 aliphatic rings. The summed E-state index contributed by atoms with van der Waals surface area (Å²) >= 11 is 0. The summed E-state index contributed by atoms with van der Waals surface area (Å²) in [5.41, 5.74) is 9.92. The number of benzene rings is 1. The minimum atomic E-state index is 0.195. The van der Waals surface area contributed by atoms with Crippen molar-refractivity contribution in [3.63, 3.8) is 0 Å². The molecule has 72 valence electrons. The molecule has 0 saturated carbocycles. The fraction of sp³-hybridized carbons (Fsp3) is 0.500. The van der Waals surface area contributed by atoms with Gasteiger partial charge >= 0.3 is 0 Å². The molecule has 1 heteroatoms. The van der Waals surface area contributed by atoms with Gasteiger partial charge in [-0.3, -0.25) is 0 Å². The van der Waals surface area contributed by atoms with Crippen molar-refractivity contribution in [3.8, 4) is 0 Å². The van der Waals surface area contributed by atoms with Gasteiger partial charge in [-0.2, -0.15) is 0 Å². The summed E-state index contributed by atoms with van der Waals surface area (Å²) in [6.07, 6.45) is 0. The Morgan fingerprint density at radius 3 is 2.23 bits per heavy atom. The molecule has 1 aromatic rings. The second-order valence-electron chi connectivity index (χ2n) is 4.56. The summed E-state index contributed by atoms with van der Waals surface area (Å²) in [5.74, 6) is 0. The van der Waals surface area contributed by atoms with Gasteiger partial charge in [0, 0.05) is 6.54 Å². The molecule has 0 fully saturated rings. The van der Waals surface area contributed by atoms with E-state index in [-0.39, 0.29) is 5.41 Å². The quantitative estimate of drug-likeness (QED) is 0.701. The lowest BCUT2D eigenvalue weighted by Crippen LogP contribution is -2.16. The Bertz CT molecular complexity index is 294. The van der Waals surface area contributed by atoms with Gasteiger partial charge in [0.15, 0.2) is 0 Å². The standard InChI is InChI=1S/C12H19N/c1-9-6-5-7-11(10(9)8-13)12(2,3)4/h5-7H,8,13H2,1-4H3. The molecule has 0 heterocycles. The molecule has 0 atom stereocenters. The van der Waals surface area contributed by atoms with Crippen molar-refractivity contribution in [2.24, 2.45) is 5.73 Å². The number of nitrogens with two attached hydrogens (primary N) is 1. The molecular weight excluding hydrogens is 158 g/mol. The largest absolute Gasteiger partial charge is 0.326 e. The molecule has 0 aromatic heterocycles. The van der Waals surface area contributed by atoms with Crippen molar-refractivity contribution >= 4 is 0 Å². The van der Waals surface area contributed by atoms with Crippen LogP contribution in [0.1, 0.15) is 37.5 Å².